The van der Waals surface area contributed by atoms with Crippen LogP contribution >= 0.6 is 0 Å². The van der Waals surface area contributed by atoms with Crippen molar-refractivity contribution >= 4 is 16.0 Å². The Balaban J connectivity index is 1.94. The van der Waals surface area contributed by atoms with Crippen LogP contribution in [0.4, 0.5) is 0 Å². The average Bonchev–Trinajstić information content (AvgIpc) is 2.47. The normalized spacial score (nSPS) is 19.3. The Labute approximate surface area is 125 Å². The summed E-state index contributed by atoms with van der Waals surface area (Å²) in [4.78, 5) is 11.2. The summed E-state index contributed by atoms with van der Waals surface area (Å²) in [5.74, 6) is -0.773. The summed E-state index contributed by atoms with van der Waals surface area (Å²) in [6, 6.07) is 9.50. The van der Waals surface area contributed by atoms with Gasteiger partial charge in [0.1, 0.15) is 0 Å². The minimum absolute atomic E-state index is 0.0702. The molecule has 1 saturated heterocycles. The van der Waals surface area contributed by atoms with Gasteiger partial charge >= 0.3 is 5.97 Å². The summed E-state index contributed by atoms with van der Waals surface area (Å²) in [6.07, 6.45) is 1.22. The van der Waals surface area contributed by atoms with Gasteiger partial charge in [0.2, 0.25) is 10.0 Å². The minimum Gasteiger partial charge on any atom is -0.481 e. The fourth-order valence-electron chi connectivity index (χ4n) is 2.49. The second kappa shape index (κ2) is 6.15. The smallest absolute Gasteiger partial charge is 0.309 e. The second-order valence-electron chi connectivity index (χ2n) is 5.82. The first-order chi connectivity index (χ1) is 9.83. The molecule has 0 spiro atoms. The highest BCUT2D eigenvalue weighted by Crippen LogP contribution is 2.32. The van der Waals surface area contributed by atoms with E-state index in [-0.39, 0.29) is 5.75 Å². The molecular weight excluding hydrogens is 290 g/mol. The van der Waals surface area contributed by atoms with Crippen LogP contribution in [0.2, 0.25) is 0 Å². The maximum atomic E-state index is 12.3. The number of hydrogen-bond donors (Lipinski definition) is 1. The molecule has 1 fully saturated rings. The van der Waals surface area contributed by atoms with Crippen molar-refractivity contribution in [3.05, 3.63) is 35.9 Å². The van der Waals surface area contributed by atoms with Crippen LogP contribution in [-0.2, 0) is 21.2 Å². The maximum absolute atomic E-state index is 12.3. The molecule has 1 aliphatic heterocycles. The number of nitrogens with zero attached hydrogens (tertiary/aromatic N) is 1. The molecule has 0 unspecified atom stereocenters. The lowest BCUT2D eigenvalue weighted by atomic mass is 9.81. The van der Waals surface area contributed by atoms with Gasteiger partial charge in [0.15, 0.2) is 0 Å². The standard InChI is InChI=1S/C15H21NO4S/c1-15(14(17)18)8-10-16(11-9-15)21(19,20)12-7-13-5-3-2-4-6-13/h2-6H,7-12H2,1H3,(H,17,18). The molecule has 0 saturated carbocycles. The zero-order valence-electron chi connectivity index (χ0n) is 12.2. The van der Waals surface area contributed by atoms with E-state index < -0.39 is 21.4 Å². The van der Waals surface area contributed by atoms with Crippen molar-refractivity contribution in [2.75, 3.05) is 18.8 Å². The van der Waals surface area contributed by atoms with E-state index in [2.05, 4.69) is 0 Å². The van der Waals surface area contributed by atoms with Crippen molar-refractivity contribution < 1.29 is 18.3 Å². The third-order valence-electron chi connectivity index (χ3n) is 4.23. The molecule has 1 N–H and O–H groups in total. The van der Waals surface area contributed by atoms with Crippen molar-refractivity contribution in [2.45, 2.75) is 26.2 Å². The molecular formula is C15H21NO4S. The Bertz CT molecular complexity index is 589. The first kappa shape index (κ1) is 16.0. The molecule has 6 heteroatoms. The van der Waals surface area contributed by atoms with E-state index in [4.69, 9.17) is 0 Å². The van der Waals surface area contributed by atoms with Gasteiger partial charge in [-0.1, -0.05) is 30.3 Å². The van der Waals surface area contributed by atoms with Gasteiger partial charge in [-0.25, -0.2) is 12.7 Å². The second-order valence-corrected chi connectivity index (χ2v) is 7.90. The van der Waals surface area contributed by atoms with E-state index in [9.17, 15) is 18.3 Å². The van der Waals surface area contributed by atoms with Crippen molar-refractivity contribution in [3.63, 3.8) is 0 Å². The molecule has 1 aliphatic rings. The molecule has 1 aromatic carbocycles. The number of benzene rings is 1. The zero-order valence-corrected chi connectivity index (χ0v) is 13.0. The average molecular weight is 311 g/mol. The fraction of sp³-hybridized carbons (Fsp3) is 0.533. The summed E-state index contributed by atoms with van der Waals surface area (Å²) >= 11 is 0. The Morgan fingerprint density at radius 2 is 1.81 bits per heavy atom. The van der Waals surface area contributed by atoms with E-state index >= 15 is 0 Å². The Hall–Kier alpha value is -1.40. The molecule has 0 aliphatic carbocycles. The maximum Gasteiger partial charge on any atom is 0.309 e. The summed E-state index contributed by atoms with van der Waals surface area (Å²) in [6.45, 7) is 2.27. The molecule has 0 bridgehead atoms. The zero-order chi connectivity index (χ0) is 15.5. The van der Waals surface area contributed by atoms with Crippen LogP contribution in [-0.4, -0.2) is 42.6 Å². The van der Waals surface area contributed by atoms with Gasteiger partial charge in [0.25, 0.3) is 0 Å². The molecule has 1 aromatic rings. The number of aliphatic carboxylic acids is 1. The van der Waals surface area contributed by atoms with Crippen LogP contribution in [0, 0.1) is 5.41 Å². The SMILES string of the molecule is CC1(C(=O)O)CCN(S(=O)(=O)CCc2ccccc2)CC1. The van der Waals surface area contributed by atoms with Crippen LogP contribution < -0.4 is 0 Å². The van der Waals surface area contributed by atoms with Gasteiger partial charge in [-0.05, 0) is 31.7 Å². The third-order valence-corrected chi connectivity index (χ3v) is 6.10. The van der Waals surface area contributed by atoms with E-state index in [1.54, 1.807) is 6.92 Å². The molecule has 1 heterocycles. The lowest BCUT2D eigenvalue weighted by molar-refractivity contribution is -0.150. The molecule has 0 radical (unpaired) electrons. The molecule has 0 amide bonds. The Morgan fingerprint density at radius 3 is 2.33 bits per heavy atom. The lowest BCUT2D eigenvalue weighted by Crippen LogP contribution is -2.45. The van der Waals surface area contributed by atoms with Gasteiger partial charge in [0.05, 0.1) is 11.2 Å². The molecule has 0 atom stereocenters. The quantitative estimate of drug-likeness (QED) is 0.899. The topological polar surface area (TPSA) is 74.7 Å². The highest BCUT2D eigenvalue weighted by atomic mass is 32.2. The number of hydrogen-bond acceptors (Lipinski definition) is 3. The monoisotopic (exact) mass is 311 g/mol. The van der Waals surface area contributed by atoms with E-state index in [1.807, 2.05) is 30.3 Å². The van der Waals surface area contributed by atoms with Crippen molar-refractivity contribution in [3.8, 4) is 0 Å². The lowest BCUT2D eigenvalue weighted by Gasteiger charge is -2.35. The number of carboxylic acid groups (broad SMARTS) is 1. The summed E-state index contributed by atoms with van der Waals surface area (Å²) in [7, 11) is -3.32. The fourth-order valence-corrected chi connectivity index (χ4v) is 3.98. The van der Waals surface area contributed by atoms with E-state index in [1.165, 1.54) is 4.31 Å². The molecule has 0 aromatic heterocycles. The number of rotatable bonds is 5. The van der Waals surface area contributed by atoms with E-state index in [0.717, 1.165) is 5.56 Å². The Kier molecular flexibility index (Phi) is 4.68. The molecule has 21 heavy (non-hydrogen) atoms. The molecule has 5 nitrogen and oxygen atoms in total. The highest BCUT2D eigenvalue weighted by Gasteiger charge is 2.39. The van der Waals surface area contributed by atoms with Crippen LogP contribution in [0.25, 0.3) is 0 Å². The number of carboxylic acids is 1. The predicted octanol–water partition coefficient (Wildman–Crippen LogP) is 1.75. The third kappa shape index (κ3) is 3.83. The number of carbonyl (C=O) groups is 1. The van der Waals surface area contributed by atoms with Gasteiger partial charge < -0.3 is 5.11 Å². The minimum atomic E-state index is -3.32. The van der Waals surface area contributed by atoms with Gasteiger partial charge in [0, 0.05) is 13.1 Å². The summed E-state index contributed by atoms with van der Waals surface area (Å²) < 4.78 is 26.1. The van der Waals surface area contributed by atoms with Crippen molar-refractivity contribution in [1.29, 1.82) is 0 Å². The van der Waals surface area contributed by atoms with Crippen LogP contribution in [0.3, 0.4) is 0 Å². The molecule has 2 rings (SSSR count). The first-order valence-electron chi connectivity index (χ1n) is 7.09. The molecule has 116 valence electrons. The first-order valence-corrected chi connectivity index (χ1v) is 8.70. The summed E-state index contributed by atoms with van der Waals surface area (Å²) in [5, 5.41) is 9.17. The van der Waals surface area contributed by atoms with Gasteiger partial charge in [-0.3, -0.25) is 4.79 Å². The van der Waals surface area contributed by atoms with Crippen LogP contribution in [0.1, 0.15) is 25.3 Å². The number of sulfonamides is 1. The number of piperidine rings is 1. The van der Waals surface area contributed by atoms with Gasteiger partial charge in [-0.2, -0.15) is 0 Å². The largest absolute Gasteiger partial charge is 0.481 e. The van der Waals surface area contributed by atoms with Crippen LogP contribution in [0.5, 0.6) is 0 Å². The number of aryl methyl sites for hydroxylation is 1. The van der Waals surface area contributed by atoms with Crippen LogP contribution in [0.15, 0.2) is 30.3 Å². The van der Waals surface area contributed by atoms with Gasteiger partial charge in [-0.15, -0.1) is 0 Å². The predicted molar refractivity (Wildman–Crippen MR) is 80.5 cm³/mol. The Morgan fingerprint density at radius 1 is 1.24 bits per heavy atom. The van der Waals surface area contributed by atoms with Crippen molar-refractivity contribution in [1.82, 2.24) is 4.31 Å². The van der Waals surface area contributed by atoms with Crippen molar-refractivity contribution in [2.24, 2.45) is 5.41 Å². The highest BCUT2D eigenvalue weighted by molar-refractivity contribution is 7.89. The summed E-state index contributed by atoms with van der Waals surface area (Å²) in [5.41, 5.74) is 0.194. The van der Waals surface area contributed by atoms with E-state index in [0.29, 0.717) is 32.4 Å².